The Balaban J connectivity index is 2.62. The van der Waals surface area contributed by atoms with E-state index in [-0.39, 0.29) is 23.5 Å². The lowest BCUT2D eigenvalue weighted by Crippen LogP contribution is -2.49. The second-order valence-electron chi connectivity index (χ2n) is 4.69. The predicted molar refractivity (Wildman–Crippen MR) is 67.6 cm³/mol. The van der Waals surface area contributed by atoms with Crippen molar-refractivity contribution in [2.24, 2.45) is 0 Å². The first kappa shape index (κ1) is 14.0. The first-order chi connectivity index (χ1) is 7.81. The summed E-state index contributed by atoms with van der Waals surface area (Å²) in [6, 6.07) is 6.02. The van der Waals surface area contributed by atoms with Crippen LogP contribution in [0, 0.1) is 5.82 Å². The second kappa shape index (κ2) is 5.50. The monoisotopic (exact) mass is 257 g/mol. The van der Waals surface area contributed by atoms with Gasteiger partial charge in [0.15, 0.2) is 0 Å². The summed E-state index contributed by atoms with van der Waals surface area (Å²) in [6.45, 7) is 5.53. The number of amides is 1. The van der Waals surface area contributed by atoms with E-state index in [0.29, 0.717) is 5.56 Å². The fourth-order valence-electron chi connectivity index (χ4n) is 1.34. The Hall–Kier alpha value is -1.09. The smallest absolute Gasteiger partial charge is 0.224 e. The highest BCUT2D eigenvalue weighted by Crippen LogP contribution is 2.15. The zero-order valence-electron chi connectivity index (χ0n) is 10.3. The van der Waals surface area contributed by atoms with Crippen molar-refractivity contribution in [3.05, 3.63) is 35.6 Å². The van der Waals surface area contributed by atoms with Gasteiger partial charge in [-0.1, -0.05) is 12.1 Å². The van der Waals surface area contributed by atoms with Crippen LogP contribution in [0.2, 0.25) is 0 Å². The lowest BCUT2D eigenvalue weighted by molar-refractivity contribution is -0.122. The highest BCUT2D eigenvalue weighted by molar-refractivity contribution is 6.21. The molecule has 0 spiro atoms. The third kappa shape index (κ3) is 4.35. The highest BCUT2D eigenvalue weighted by Gasteiger charge is 2.25. The molecule has 0 heterocycles. The summed E-state index contributed by atoms with van der Waals surface area (Å²) in [5.74, 6) is -0.492. The molecule has 1 N–H and O–H groups in total. The van der Waals surface area contributed by atoms with Gasteiger partial charge >= 0.3 is 0 Å². The van der Waals surface area contributed by atoms with E-state index in [4.69, 9.17) is 11.6 Å². The fourth-order valence-corrected chi connectivity index (χ4v) is 1.39. The predicted octanol–water partition coefficient (Wildman–Crippen LogP) is 2.89. The number of alkyl halides is 1. The van der Waals surface area contributed by atoms with E-state index in [1.807, 2.05) is 20.8 Å². The molecule has 0 radical (unpaired) electrons. The van der Waals surface area contributed by atoms with Gasteiger partial charge in [0.05, 0.1) is 17.3 Å². The molecule has 0 aliphatic rings. The van der Waals surface area contributed by atoms with E-state index in [9.17, 15) is 9.18 Å². The van der Waals surface area contributed by atoms with Crippen molar-refractivity contribution in [3.8, 4) is 0 Å². The molecule has 1 amide bonds. The average molecular weight is 258 g/mol. The molecule has 1 aromatic carbocycles. The Morgan fingerprint density at radius 1 is 1.53 bits per heavy atom. The minimum absolute atomic E-state index is 0.158. The van der Waals surface area contributed by atoms with Gasteiger partial charge in [-0.05, 0) is 38.5 Å². The molecule has 0 aliphatic heterocycles. The maximum Gasteiger partial charge on any atom is 0.224 e. The lowest BCUT2D eigenvalue weighted by atomic mass is 10.0. The Morgan fingerprint density at radius 3 is 2.71 bits per heavy atom. The van der Waals surface area contributed by atoms with Crippen LogP contribution in [-0.4, -0.2) is 16.8 Å². The first-order valence-corrected chi connectivity index (χ1v) is 5.94. The molecule has 2 nitrogen and oxygen atoms in total. The zero-order valence-corrected chi connectivity index (χ0v) is 11.0. The Kier molecular flexibility index (Phi) is 4.52. The van der Waals surface area contributed by atoms with Gasteiger partial charge in [-0.3, -0.25) is 4.79 Å². The van der Waals surface area contributed by atoms with Crippen LogP contribution in [0.5, 0.6) is 0 Å². The number of nitrogens with one attached hydrogen (secondary N) is 1. The van der Waals surface area contributed by atoms with Gasteiger partial charge in [-0.2, -0.15) is 0 Å². The summed E-state index contributed by atoms with van der Waals surface area (Å²) < 4.78 is 12.9. The minimum atomic E-state index is -0.480. The normalized spacial score (nSPS) is 13.2. The van der Waals surface area contributed by atoms with E-state index in [1.54, 1.807) is 12.1 Å². The average Bonchev–Trinajstić information content (AvgIpc) is 2.15. The summed E-state index contributed by atoms with van der Waals surface area (Å²) in [6.07, 6.45) is 0.158. The molecular formula is C13H17ClFNO. The molecule has 0 aromatic heterocycles. The Morgan fingerprint density at radius 2 is 2.18 bits per heavy atom. The van der Waals surface area contributed by atoms with Gasteiger partial charge in [0.25, 0.3) is 0 Å². The van der Waals surface area contributed by atoms with E-state index >= 15 is 0 Å². The summed E-state index contributed by atoms with van der Waals surface area (Å²) >= 11 is 5.97. The standard InChI is InChI=1S/C13H17ClFNO/c1-9(14)13(2,3)16-12(17)8-10-5-4-6-11(15)7-10/h4-7,9H,8H2,1-3H3,(H,16,17). The molecule has 1 atom stereocenters. The molecule has 17 heavy (non-hydrogen) atoms. The lowest BCUT2D eigenvalue weighted by Gasteiger charge is -2.29. The number of carbonyl (C=O) groups is 1. The van der Waals surface area contributed by atoms with E-state index in [1.165, 1.54) is 12.1 Å². The van der Waals surface area contributed by atoms with Gasteiger partial charge in [-0.25, -0.2) is 4.39 Å². The molecule has 0 saturated heterocycles. The molecule has 0 bridgehead atoms. The minimum Gasteiger partial charge on any atom is -0.349 e. The number of carbonyl (C=O) groups excluding carboxylic acids is 1. The molecule has 1 aromatic rings. The van der Waals surface area contributed by atoms with Gasteiger partial charge in [0.2, 0.25) is 5.91 Å². The summed E-state index contributed by atoms with van der Waals surface area (Å²) in [5, 5.41) is 2.65. The van der Waals surface area contributed by atoms with Crippen LogP contribution in [0.1, 0.15) is 26.3 Å². The molecule has 0 aliphatic carbocycles. The molecule has 4 heteroatoms. The Bertz CT molecular complexity index is 404. The van der Waals surface area contributed by atoms with Crippen molar-refractivity contribution in [2.45, 2.75) is 38.1 Å². The van der Waals surface area contributed by atoms with Crippen molar-refractivity contribution in [1.82, 2.24) is 5.32 Å². The van der Waals surface area contributed by atoms with E-state index in [0.717, 1.165) is 0 Å². The van der Waals surface area contributed by atoms with E-state index in [2.05, 4.69) is 5.32 Å². The second-order valence-corrected chi connectivity index (χ2v) is 5.35. The third-order valence-corrected chi connectivity index (χ3v) is 3.26. The van der Waals surface area contributed by atoms with Gasteiger partial charge in [-0.15, -0.1) is 11.6 Å². The van der Waals surface area contributed by atoms with Crippen molar-refractivity contribution < 1.29 is 9.18 Å². The van der Waals surface area contributed by atoms with E-state index < -0.39 is 5.54 Å². The number of benzene rings is 1. The summed E-state index contributed by atoms with van der Waals surface area (Å²) in [7, 11) is 0. The summed E-state index contributed by atoms with van der Waals surface area (Å²) in [4.78, 5) is 11.8. The van der Waals surface area contributed by atoms with Crippen LogP contribution in [0.3, 0.4) is 0 Å². The summed E-state index contributed by atoms with van der Waals surface area (Å²) in [5.41, 5.74) is 0.173. The quantitative estimate of drug-likeness (QED) is 0.826. The van der Waals surface area contributed by atoms with Gasteiger partial charge in [0.1, 0.15) is 5.82 Å². The van der Waals surface area contributed by atoms with Crippen molar-refractivity contribution >= 4 is 17.5 Å². The number of rotatable bonds is 4. The topological polar surface area (TPSA) is 29.1 Å². The largest absolute Gasteiger partial charge is 0.349 e. The van der Waals surface area contributed by atoms with Crippen LogP contribution in [0.4, 0.5) is 4.39 Å². The molecule has 1 unspecified atom stereocenters. The van der Waals surface area contributed by atoms with Crippen LogP contribution < -0.4 is 5.32 Å². The first-order valence-electron chi connectivity index (χ1n) is 5.51. The van der Waals surface area contributed by atoms with Crippen molar-refractivity contribution in [3.63, 3.8) is 0 Å². The highest BCUT2D eigenvalue weighted by atomic mass is 35.5. The maximum absolute atomic E-state index is 12.9. The van der Waals surface area contributed by atoms with Crippen LogP contribution in [0.15, 0.2) is 24.3 Å². The number of hydrogen-bond acceptors (Lipinski definition) is 1. The molecule has 94 valence electrons. The maximum atomic E-state index is 12.9. The molecule has 1 rings (SSSR count). The zero-order chi connectivity index (χ0) is 13.1. The molecular weight excluding hydrogens is 241 g/mol. The van der Waals surface area contributed by atoms with Crippen LogP contribution >= 0.6 is 11.6 Å². The van der Waals surface area contributed by atoms with Crippen molar-refractivity contribution in [1.29, 1.82) is 0 Å². The van der Waals surface area contributed by atoms with Gasteiger partial charge < -0.3 is 5.32 Å². The van der Waals surface area contributed by atoms with Crippen LogP contribution in [-0.2, 0) is 11.2 Å². The van der Waals surface area contributed by atoms with Gasteiger partial charge in [0, 0.05) is 0 Å². The molecule has 0 saturated carbocycles. The van der Waals surface area contributed by atoms with Crippen LogP contribution in [0.25, 0.3) is 0 Å². The number of halogens is 2. The van der Waals surface area contributed by atoms with Crippen molar-refractivity contribution in [2.75, 3.05) is 0 Å². The SMILES string of the molecule is CC(Cl)C(C)(C)NC(=O)Cc1cccc(F)c1. The number of hydrogen-bond donors (Lipinski definition) is 1. The third-order valence-electron chi connectivity index (χ3n) is 2.71. The molecule has 0 fully saturated rings. The Labute approximate surface area is 106 Å². The fraction of sp³-hybridized carbons (Fsp3) is 0.462.